The van der Waals surface area contributed by atoms with Gasteiger partial charge in [-0.15, -0.1) is 0 Å². The van der Waals surface area contributed by atoms with Crippen LogP contribution in [0.3, 0.4) is 0 Å². The average Bonchev–Trinajstić information content (AvgIpc) is 2.32. The van der Waals surface area contributed by atoms with Gasteiger partial charge in [0.1, 0.15) is 0 Å². The van der Waals surface area contributed by atoms with Crippen molar-refractivity contribution in [3.63, 3.8) is 0 Å². The van der Waals surface area contributed by atoms with E-state index >= 15 is 0 Å². The summed E-state index contributed by atoms with van der Waals surface area (Å²) in [7, 11) is 0. The van der Waals surface area contributed by atoms with Gasteiger partial charge < -0.3 is 26.4 Å². The molecule has 1 heterocycles. The molecule has 5 nitrogen and oxygen atoms in total. The Balaban J connectivity index is 2.47. The predicted octanol–water partition coefficient (Wildman–Crippen LogP) is -3.00. The van der Waals surface area contributed by atoms with E-state index in [-0.39, 0.29) is 6.61 Å². The minimum atomic E-state index is -0.864. The van der Waals surface area contributed by atoms with Gasteiger partial charge in [-0.05, 0) is 0 Å². The lowest BCUT2D eigenvalue weighted by Gasteiger charge is -2.20. The predicted molar refractivity (Wildman–Crippen MR) is 38.9 cm³/mol. The zero-order valence-corrected chi connectivity index (χ0v) is 6.14. The van der Waals surface area contributed by atoms with Gasteiger partial charge >= 0.3 is 0 Å². The maximum absolute atomic E-state index is 9.26. The fourth-order valence-electron chi connectivity index (χ4n) is 1.26. The van der Waals surface area contributed by atoms with Gasteiger partial charge in [0, 0.05) is 12.6 Å². The van der Waals surface area contributed by atoms with E-state index in [1.807, 2.05) is 0 Å². The standard InChI is InChI=1S/C6H14N2O3/c7-3(2-9)5-6(11)4(10)1-8-5/h3-6,8-11H,1-2,7H2/t3-,4-,5-,6-/m0/s1. The highest BCUT2D eigenvalue weighted by Crippen LogP contribution is 2.09. The first-order chi connectivity index (χ1) is 5.16. The largest absolute Gasteiger partial charge is 0.395 e. The molecular weight excluding hydrogens is 148 g/mol. The Kier molecular flexibility index (Phi) is 2.80. The van der Waals surface area contributed by atoms with Gasteiger partial charge in [0.25, 0.3) is 0 Å². The highest BCUT2D eigenvalue weighted by Gasteiger charge is 2.36. The van der Waals surface area contributed by atoms with E-state index in [0.717, 1.165) is 0 Å². The molecule has 0 aliphatic carbocycles. The fraction of sp³-hybridized carbons (Fsp3) is 1.00. The molecule has 1 aliphatic heterocycles. The van der Waals surface area contributed by atoms with E-state index in [2.05, 4.69) is 5.32 Å². The molecular formula is C6H14N2O3. The van der Waals surface area contributed by atoms with Crippen LogP contribution in [0.15, 0.2) is 0 Å². The van der Waals surface area contributed by atoms with Gasteiger partial charge in [-0.2, -0.15) is 0 Å². The highest BCUT2D eigenvalue weighted by atomic mass is 16.3. The summed E-state index contributed by atoms with van der Waals surface area (Å²) in [4.78, 5) is 0. The number of hydrogen-bond acceptors (Lipinski definition) is 5. The van der Waals surface area contributed by atoms with E-state index in [9.17, 15) is 5.11 Å². The Morgan fingerprint density at radius 1 is 1.55 bits per heavy atom. The second-order valence-corrected chi connectivity index (χ2v) is 2.84. The molecule has 0 amide bonds. The summed E-state index contributed by atoms with van der Waals surface area (Å²) in [5.74, 6) is 0. The number of β-amino-alcohol motifs (C(OH)–C–C–N with tert-alkyl or cyclic N) is 1. The third kappa shape index (κ3) is 1.69. The molecule has 0 aromatic rings. The molecule has 6 N–H and O–H groups in total. The van der Waals surface area contributed by atoms with Crippen molar-refractivity contribution >= 4 is 0 Å². The third-order valence-corrected chi connectivity index (χ3v) is 2.00. The summed E-state index contributed by atoms with van der Waals surface area (Å²) in [6.07, 6.45) is -1.63. The van der Waals surface area contributed by atoms with E-state index in [4.69, 9.17) is 15.9 Å². The lowest BCUT2D eigenvalue weighted by atomic mass is 10.0. The van der Waals surface area contributed by atoms with E-state index in [1.165, 1.54) is 0 Å². The van der Waals surface area contributed by atoms with Gasteiger partial charge in [-0.1, -0.05) is 0 Å². The minimum absolute atomic E-state index is 0.193. The summed E-state index contributed by atoms with van der Waals surface area (Å²) < 4.78 is 0. The van der Waals surface area contributed by atoms with Crippen LogP contribution in [0.2, 0.25) is 0 Å². The Morgan fingerprint density at radius 3 is 2.55 bits per heavy atom. The molecule has 0 bridgehead atoms. The molecule has 0 unspecified atom stereocenters. The molecule has 0 aromatic heterocycles. The monoisotopic (exact) mass is 162 g/mol. The second-order valence-electron chi connectivity index (χ2n) is 2.84. The van der Waals surface area contributed by atoms with Crippen molar-refractivity contribution < 1.29 is 15.3 Å². The molecule has 1 aliphatic rings. The molecule has 0 spiro atoms. The van der Waals surface area contributed by atoms with Gasteiger partial charge in [0.15, 0.2) is 0 Å². The smallest absolute Gasteiger partial charge is 0.0980 e. The Bertz CT molecular complexity index is 133. The summed E-state index contributed by atoms with van der Waals surface area (Å²) in [5, 5.41) is 29.8. The van der Waals surface area contributed by atoms with E-state index in [1.54, 1.807) is 0 Å². The van der Waals surface area contributed by atoms with Crippen LogP contribution in [0.5, 0.6) is 0 Å². The fourth-order valence-corrected chi connectivity index (χ4v) is 1.26. The number of hydrogen-bond donors (Lipinski definition) is 5. The molecule has 11 heavy (non-hydrogen) atoms. The third-order valence-electron chi connectivity index (χ3n) is 2.00. The van der Waals surface area contributed by atoms with Gasteiger partial charge in [-0.25, -0.2) is 0 Å². The van der Waals surface area contributed by atoms with Crippen LogP contribution in [0.4, 0.5) is 0 Å². The maximum atomic E-state index is 9.26. The van der Waals surface area contributed by atoms with Crippen molar-refractivity contribution in [3.05, 3.63) is 0 Å². The van der Waals surface area contributed by atoms with Crippen molar-refractivity contribution in [2.75, 3.05) is 13.2 Å². The van der Waals surface area contributed by atoms with Crippen molar-refractivity contribution in [2.45, 2.75) is 24.3 Å². The summed E-state index contributed by atoms with van der Waals surface area (Å²) >= 11 is 0. The summed E-state index contributed by atoms with van der Waals surface area (Å²) in [5.41, 5.74) is 5.45. The minimum Gasteiger partial charge on any atom is -0.395 e. The quantitative estimate of drug-likeness (QED) is 0.298. The Labute approximate surface area is 64.8 Å². The van der Waals surface area contributed by atoms with Crippen LogP contribution in [0, 0.1) is 0 Å². The van der Waals surface area contributed by atoms with Crippen LogP contribution in [-0.4, -0.2) is 52.8 Å². The van der Waals surface area contributed by atoms with Gasteiger partial charge in [-0.3, -0.25) is 0 Å². The van der Waals surface area contributed by atoms with Crippen molar-refractivity contribution in [3.8, 4) is 0 Å². The second kappa shape index (κ2) is 3.46. The number of rotatable bonds is 2. The first-order valence-corrected chi connectivity index (χ1v) is 3.62. The number of nitrogens with one attached hydrogen (secondary N) is 1. The molecule has 1 saturated heterocycles. The molecule has 66 valence electrons. The van der Waals surface area contributed by atoms with Crippen molar-refractivity contribution in [2.24, 2.45) is 5.73 Å². The molecule has 4 atom stereocenters. The van der Waals surface area contributed by atoms with Gasteiger partial charge in [0.05, 0.1) is 24.9 Å². The van der Waals surface area contributed by atoms with Crippen molar-refractivity contribution in [1.82, 2.24) is 5.32 Å². The topological polar surface area (TPSA) is 98.7 Å². The highest BCUT2D eigenvalue weighted by molar-refractivity contribution is 4.95. The molecule has 0 radical (unpaired) electrons. The van der Waals surface area contributed by atoms with Gasteiger partial charge in [0.2, 0.25) is 0 Å². The Hall–Kier alpha value is -0.200. The van der Waals surface area contributed by atoms with E-state index in [0.29, 0.717) is 6.54 Å². The zero-order valence-electron chi connectivity index (χ0n) is 6.14. The normalized spacial score (nSPS) is 40.9. The first kappa shape index (κ1) is 8.89. The molecule has 0 saturated carbocycles. The molecule has 1 fully saturated rings. The molecule has 0 aromatic carbocycles. The van der Waals surface area contributed by atoms with Crippen LogP contribution < -0.4 is 11.1 Å². The summed E-state index contributed by atoms with van der Waals surface area (Å²) in [6.45, 7) is 0.140. The number of nitrogens with two attached hydrogens (primary N) is 1. The van der Waals surface area contributed by atoms with Crippen LogP contribution in [0.1, 0.15) is 0 Å². The lowest BCUT2D eigenvalue weighted by Crippen LogP contribution is -2.49. The van der Waals surface area contributed by atoms with Crippen LogP contribution in [0.25, 0.3) is 0 Å². The summed E-state index contributed by atoms with van der Waals surface area (Å²) in [6, 6.07) is -0.905. The number of aliphatic hydroxyl groups excluding tert-OH is 3. The van der Waals surface area contributed by atoms with E-state index < -0.39 is 24.3 Å². The first-order valence-electron chi connectivity index (χ1n) is 3.62. The Morgan fingerprint density at radius 2 is 2.18 bits per heavy atom. The average molecular weight is 162 g/mol. The molecule has 5 heteroatoms. The zero-order chi connectivity index (χ0) is 8.43. The number of aliphatic hydroxyl groups is 3. The van der Waals surface area contributed by atoms with Crippen LogP contribution >= 0.6 is 0 Å². The molecule has 1 rings (SSSR count). The SMILES string of the molecule is N[C@@H](CO)[C@@H]1NC[C@H](O)[C@@H]1O. The van der Waals surface area contributed by atoms with Crippen molar-refractivity contribution in [1.29, 1.82) is 0 Å². The van der Waals surface area contributed by atoms with Crippen LogP contribution in [-0.2, 0) is 0 Å². The lowest BCUT2D eigenvalue weighted by molar-refractivity contribution is 0.0322. The maximum Gasteiger partial charge on any atom is 0.0980 e.